The van der Waals surface area contributed by atoms with Crippen LogP contribution >= 0.6 is 15.9 Å². The van der Waals surface area contributed by atoms with Crippen molar-refractivity contribution < 1.29 is 13.2 Å². The van der Waals surface area contributed by atoms with Gasteiger partial charge in [-0.1, -0.05) is 15.9 Å². The Kier molecular flexibility index (Phi) is 4.44. The fraction of sp³-hybridized carbons (Fsp3) is 0.222. The predicted octanol–water partition coefficient (Wildman–Crippen LogP) is 1.32. The van der Waals surface area contributed by atoms with Crippen LogP contribution in [0.15, 0.2) is 33.6 Å². The van der Waals surface area contributed by atoms with Gasteiger partial charge in [-0.05, 0) is 24.3 Å². The molecule has 15 heavy (non-hydrogen) atoms. The second-order valence-corrected chi connectivity index (χ2v) is 5.49. The molecule has 1 aromatic rings. The first-order valence-corrected chi connectivity index (χ1v) is 6.53. The van der Waals surface area contributed by atoms with E-state index in [1.54, 1.807) is 12.1 Å². The van der Waals surface area contributed by atoms with Crippen molar-refractivity contribution in [2.24, 2.45) is 0 Å². The summed E-state index contributed by atoms with van der Waals surface area (Å²) in [5.41, 5.74) is 0. The maximum atomic E-state index is 11.6. The molecule has 1 aromatic carbocycles. The molecule has 0 fully saturated rings. The number of sulfonamides is 1. The van der Waals surface area contributed by atoms with E-state index in [2.05, 4.69) is 20.7 Å². The summed E-state index contributed by atoms with van der Waals surface area (Å²) in [4.78, 5) is 10.2. The molecule has 6 heteroatoms. The fourth-order valence-corrected chi connectivity index (χ4v) is 2.26. The van der Waals surface area contributed by atoms with Gasteiger partial charge in [0.05, 0.1) is 4.90 Å². The van der Waals surface area contributed by atoms with Crippen molar-refractivity contribution in [2.45, 2.75) is 11.3 Å². The Labute approximate surface area is 96.9 Å². The van der Waals surface area contributed by atoms with Crippen molar-refractivity contribution in [3.63, 3.8) is 0 Å². The number of hydrogen-bond donors (Lipinski definition) is 1. The highest BCUT2D eigenvalue weighted by molar-refractivity contribution is 9.10. The summed E-state index contributed by atoms with van der Waals surface area (Å²) in [6.45, 7) is 0.127. The molecule has 0 aliphatic heterocycles. The van der Waals surface area contributed by atoms with Gasteiger partial charge >= 0.3 is 0 Å². The molecule has 0 heterocycles. The van der Waals surface area contributed by atoms with E-state index in [4.69, 9.17) is 0 Å². The summed E-state index contributed by atoms with van der Waals surface area (Å²) in [7, 11) is -3.48. The van der Waals surface area contributed by atoms with Crippen LogP contribution in [-0.4, -0.2) is 21.2 Å². The van der Waals surface area contributed by atoms with E-state index in [0.29, 0.717) is 6.29 Å². The lowest BCUT2D eigenvalue weighted by atomic mass is 10.4. The smallest absolute Gasteiger partial charge is 0.240 e. The highest BCUT2D eigenvalue weighted by atomic mass is 79.9. The van der Waals surface area contributed by atoms with E-state index in [-0.39, 0.29) is 17.9 Å². The van der Waals surface area contributed by atoms with Crippen LogP contribution in [0.5, 0.6) is 0 Å². The van der Waals surface area contributed by atoms with Crippen LogP contribution in [0.1, 0.15) is 6.42 Å². The quantitative estimate of drug-likeness (QED) is 0.657. The highest BCUT2D eigenvalue weighted by Crippen LogP contribution is 2.14. The molecule has 0 aliphatic rings. The summed E-state index contributed by atoms with van der Waals surface area (Å²) in [5, 5.41) is 0. The van der Waals surface area contributed by atoms with Gasteiger partial charge in [-0.25, -0.2) is 13.1 Å². The Hall–Kier alpha value is -0.720. The van der Waals surface area contributed by atoms with Crippen molar-refractivity contribution in [3.8, 4) is 0 Å². The molecule has 0 aliphatic carbocycles. The van der Waals surface area contributed by atoms with Crippen LogP contribution in [-0.2, 0) is 14.8 Å². The summed E-state index contributed by atoms with van der Waals surface area (Å²) < 4.78 is 26.3. The minimum atomic E-state index is -3.48. The molecule has 0 atom stereocenters. The van der Waals surface area contributed by atoms with Crippen molar-refractivity contribution in [1.29, 1.82) is 0 Å². The van der Waals surface area contributed by atoms with E-state index in [9.17, 15) is 13.2 Å². The summed E-state index contributed by atoms with van der Waals surface area (Å²) in [5.74, 6) is 0. The first kappa shape index (κ1) is 12.4. The number of nitrogens with one attached hydrogen (secondary N) is 1. The van der Waals surface area contributed by atoms with Gasteiger partial charge in [0.25, 0.3) is 0 Å². The average molecular weight is 292 g/mol. The molecule has 0 bridgehead atoms. The molecule has 0 unspecified atom stereocenters. The molecule has 0 radical (unpaired) electrons. The van der Waals surface area contributed by atoms with Gasteiger partial charge in [0.2, 0.25) is 10.0 Å². The normalized spacial score (nSPS) is 11.3. The SMILES string of the molecule is O=CCCNS(=O)(=O)c1ccc(Br)cc1. The Morgan fingerprint density at radius 1 is 1.27 bits per heavy atom. The second-order valence-electron chi connectivity index (χ2n) is 2.81. The molecular formula is C9H10BrNO3S. The zero-order valence-corrected chi connectivity index (χ0v) is 10.2. The van der Waals surface area contributed by atoms with E-state index in [0.717, 1.165) is 4.47 Å². The zero-order chi connectivity index (χ0) is 11.3. The lowest BCUT2D eigenvalue weighted by molar-refractivity contribution is -0.107. The Morgan fingerprint density at radius 3 is 2.40 bits per heavy atom. The van der Waals surface area contributed by atoms with Gasteiger partial charge in [0.1, 0.15) is 6.29 Å². The third-order valence-corrected chi connectivity index (χ3v) is 3.68. The molecule has 82 valence electrons. The van der Waals surface area contributed by atoms with Crippen LogP contribution in [0.4, 0.5) is 0 Å². The van der Waals surface area contributed by atoms with Gasteiger partial charge in [0, 0.05) is 17.4 Å². The van der Waals surface area contributed by atoms with Crippen molar-refractivity contribution >= 4 is 32.2 Å². The molecule has 0 saturated heterocycles. The van der Waals surface area contributed by atoms with Gasteiger partial charge in [0.15, 0.2) is 0 Å². The van der Waals surface area contributed by atoms with E-state index >= 15 is 0 Å². The monoisotopic (exact) mass is 291 g/mol. The summed E-state index contributed by atoms with van der Waals surface area (Å²) in [6, 6.07) is 6.28. The fourth-order valence-electron chi connectivity index (χ4n) is 0.949. The molecule has 1 N–H and O–H groups in total. The average Bonchev–Trinajstić information content (AvgIpc) is 2.18. The molecule has 0 saturated carbocycles. The van der Waals surface area contributed by atoms with Crippen molar-refractivity contribution in [3.05, 3.63) is 28.7 Å². The maximum absolute atomic E-state index is 11.6. The van der Waals surface area contributed by atoms with Gasteiger partial charge in [-0.2, -0.15) is 0 Å². The number of carbonyl (C=O) groups is 1. The topological polar surface area (TPSA) is 63.2 Å². The first-order chi connectivity index (χ1) is 7.06. The van der Waals surface area contributed by atoms with Crippen LogP contribution in [0.25, 0.3) is 0 Å². The largest absolute Gasteiger partial charge is 0.303 e. The van der Waals surface area contributed by atoms with Crippen LogP contribution < -0.4 is 4.72 Å². The predicted molar refractivity (Wildman–Crippen MR) is 60.0 cm³/mol. The molecule has 1 rings (SSSR count). The van der Waals surface area contributed by atoms with Crippen LogP contribution in [0, 0.1) is 0 Å². The first-order valence-electron chi connectivity index (χ1n) is 4.25. The summed E-state index contributed by atoms with van der Waals surface area (Å²) in [6.07, 6.45) is 0.847. The Balaban J connectivity index is 2.77. The lowest BCUT2D eigenvalue weighted by Gasteiger charge is -2.04. The second kappa shape index (κ2) is 5.39. The standard InChI is InChI=1S/C9H10BrNO3S/c10-8-2-4-9(5-3-8)15(13,14)11-6-1-7-12/h2-5,7,11H,1,6H2. The lowest BCUT2D eigenvalue weighted by Crippen LogP contribution is -2.24. The minimum absolute atomic E-state index is 0.127. The molecule has 4 nitrogen and oxygen atoms in total. The summed E-state index contributed by atoms with van der Waals surface area (Å²) >= 11 is 3.21. The highest BCUT2D eigenvalue weighted by Gasteiger charge is 2.12. The number of rotatable bonds is 5. The van der Waals surface area contributed by atoms with Gasteiger partial charge in [-0.15, -0.1) is 0 Å². The van der Waals surface area contributed by atoms with E-state index < -0.39 is 10.0 Å². The van der Waals surface area contributed by atoms with Crippen molar-refractivity contribution in [2.75, 3.05) is 6.54 Å². The van der Waals surface area contributed by atoms with E-state index in [1.807, 2.05) is 0 Å². The van der Waals surface area contributed by atoms with Crippen LogP contribution in [0.3, 0.4) is 0 Å². The number of halogens is 1. The van der Waals surface area contributed by atoms with Crippen LogP contribution in [0.2, 0.25) is 0 Å². The third-order valence-electron chi connectivity index (χ3n) is 1.68. The molecular weight excluding hydrogens is 282 g/mol. The number of benzene rings is 1. The Morgan fingerprint density at radius 2 is 1.87 bits per heavy atom. The zero-order valence-electron chi connectivity index (χ0n) is 7.81. The Bertz CT molecular complexity index is 427. The number of aldehydes is 1. The molecule has 0 spiro atoms. The molecule has 0 amide bonds. The van der Waals surface area contributed by atoms with Crippen molar-refractivity contribution in [1.82, 2.24) is 4.72 Å². The van der Waals surface area contributed by atoms with Gasteiger partial charge in [-0.3, -0.25) is 0 Å². The van der Waals surface area contributed by atoms with E-state index in [1.165, 1.54) is 12.1 Å². The minimum Gasteiger partial charge on any atom is -0.303 e. The number of hydrogen-bond acceptors (Lipinski definition) is 3. The third kappa shape index (κ3) is 3.73. The van der Waals surface area contributed by atoms with Gasteiger partial charge < -0.3 is 4.79 Å². The maximum Gasteiger partial charge on any atom is 0.240 e. The number of carbonyl (C=O) groups excluding carboxylic acids is 1. The molecule has 0 aromatic heterocycles.